The van der Waals surface area contributed by atoms with Gasteiger partial charge in [0, 0.05) is 25.7 Å². The third kappa shape index (κ3) is 3.46. The van der Waals surface area contributed by atoms with E-state index in [1.165, 1.54) is 24.8 Å². The van der Waals surface area contributed by atoms with Crippen LogP contribution in [-0.2, 0) is 11.2 Å². The van der Waals surface area contributed by atoms with E-state index in [2.05, 4.69) is 29.3 Å². The Labute approximate surface area is 163 Å². The summed E-state index contributed by atoms with van der Waals surface area (Å²) in [5, 5.41) is 3.46. The van der Waals surface area contributed by atoms with Gasteiger partial charge in [-0.25, -0.2) is 0 Å². The zero-order valence-electron chi connectivity index (χ0n) is 15.9. The second-order valence-corrected chi connectivity index (χ2v) is 8.37. The maximum absolute atomic E-state index is 13.7. The Morgan fingerprint density at radius 3 is 2.88 bits per heavy atom. The lowest BCUT2D eigenvalue weighted by atomic mass is 9.68. The number of fused-ring (bicyclic) bond motifs is 2. The zero-order valence-corrected chi connectivity index (χ0v) is 16.7. The number of amides is 1. The van der Waals surface area contributed by atoms with Gasteiger partial charge in [0.1, 0.15) is 5.75 Å². The van der Waals surface area contributed by atoms with E-state index in [4.69, 9.17) is 4.74 Å². The molecule has 2 saturated carbocycles. The van der Waals surface area contributed by atoms with Crippen molar-refractivity contribution in [1.29, 1.82) is 0 Å². The number of carbonyl (C=O) groups is 1. The van der Waals surface area contributed by atoms with Crippen LogP contribution in [0.3, 0.4) is 0 Å². The summed E-state index contributed by atoms with van der Waals surface area (Å²) in [6.07, 6.45) is 5.73. The maximum atomic E-state index is 13.7. The summed E-state index contributed by atoms with van der Waals surface area (Å²) in [7, 11) is 1.71. The monoisotopic (exact) mass is 378 g/mol. The molecule has 4 rings (SSSR count). The van der Waals surface area contributed by atoms with Crippen LogP contribution >= 0.6 is 12.4 Å². The molecule has 5 heteroatoms. The summed E-state index contributed by atoms with van der Waals surface area (Å²) < 4.78 is 5.40. The second kappa shape index (κ2) is 7.77. The van der Waals surface area contributed by atoms with Crippen LogP contribution in [0.25, 0.3) is 0 Å². The van der Waals surface area contributed by atoms with Crippen molar-refractivity contribution in [1.82, 2.24) is 10.2 Å². The largest absolute Gasteiger partial charge is 0.497 e. The highest BCUT2D eigenvalue weighted by molar-refractivity contribution is 5.85. The predicted octanol–water partition coefficient (Wildman–Crippen LogP) is 3.29. The molecule has 1 N–H and O–H groups in total. The lowest BCUT2D eigenvalue weighted by molar-refractivity contribution is -0.146. The molecular weight excluding hydrogens is 348 g/mol. The molecule has 2 aliphatic carbocycles. The average Bonchev–Trinajstić information content (AvgIpc) is 3.23. The normalized spacial score (nSPS) is 33.0. The number of nitrogens with one attached hydrogen (secondary N) is 1. The molecule has 1 heterocycles. The molecule has 1 aliphatic heterocycles. The minimum absolute atomic E-state index is 0. The SMILES string of the molecule is COc1cccc(CC2(C(=O)N3CCNC(C)C3)CC3CCC2C3)c1.Cl. The van der Waals surface area contributed by atoms with Crippen LogP contribution in [-0.4, -0.2) is 43.6 Å². The molecule has 0 aromatic heterocycles. The number of nitrogens with zero attached hydrogens (tertiary/aromatic N) is 1. The lowest BCUT2D eigenvalue weighted by Gasteiger charge is -2.43. The fraction of sp³-hybridized carbons (Fsp3) is 0.667. The summed E-state index contributed by atoms with van der Waals surface area (Å²) in [5.74, 6) is 2.61. The Morgan fingerprint density at radius 2 is 2.23 bits per heavy atom. The summed E-state index contributed by atoms with van der Waals surface area (Å²) >= 11 is 0. The Bertz CT molecular complexity index is 653. The molecule has 1 saturated heterocycles. The predicted molar refractivity (Wildman–Crippen MR) is 106 cm³/mol. The van der Waals surface area contributed by atoms with Crippen molar-refractivity contribution >= 4 is 18.3 Å². The smallest absolute Gasteiger partial charge is 0.229 e. The van der Waals surface area contributed by atoms with E-state index in [0.717, 1.165) is 44.1 Å². The zero-order chi connectivity index (χ0) is 17.4. The van der Waals surface area contributed by atoms with Crippen LogP contribution in [0.1, 0.15) is 38.2 Å². The highest BCUT2D eigenvalue weighted by atomic mass is 35.5. The standard InChI is InChI=1S/C21H30N2O2.ClH/c1-15-14-23(9-8-22-15)20(24)21(13-17-6-7-18(21)10-17)12-16-4-3-5-19(11-16)25-2;/h3-5,11,15,17-18,22H,6-10,12-14H2,1-2H3;1H. The summed E-state index contributed by atoms with van der Waals surface area (Å²) in [6, 6.07) is 8.69. The van der Waals surface area contributed by atoms with Crippen LogP contribution in [0.5, 0.6) is 5.75 Å². The van der Waals surface area contributed by atoms with Crippen LogP contribution in [0.15, 0.2) is 24.3 Å². The number of benzene rings is 1. The van der Waals surface area contributed by atoms with Gasteiger partial charge in [0.05, 0.1) is 12.5 Å². The molecule has 1 amide bonds. The molecule has 1 aromatic rings. The van der Waals surface area contributed by atoms with Gasteiger partial charge >= 0.3 is 0 Å². The summed E-state index contributed by atoms with van der Waals surface area (Å²) in [5.41, 5.74) is 1.05. The van der Waals surface area contributed by atoms with Gasteiger partial charge < -0.3 is 15.0 Å². The van der Waals surface area contributed by atoms with E-state index in [9.17, 15) is 4.79 Å². The van der Waals surface area contributed by atoms with Gasteiger partial charge in [-0.3, -0.25) is 4.79 Å². The maximum Gasteiger partial charge on any atom is 0.229 e. The summed E-state index contributed by atoms with van der Waals surface area (Å²) in [4.78, 5) is 15.8. The van der Waals surface area contributed by atoms with E-state index >= 15 is 0 Å². The fourth-order valence-corrected chi connectivity index (χ4v) is 5.58. The van der Waals surface area contributed by atoms with Crippen LogP contribution < -0.4 is 10.1 Å². The van der Waals surface area contributed by atoms with Gasteiger partial charge in [-0.05, 0) is 62.1 Å². The van der Waals surface area contributed by atoms with Crippen molar-refractivity contribution in [2.24, 2.45) is 17.3 Å². The number of methoxy groups -OCH3 is 1. The molecule has 1 aromatic carbocycles. The fourth-order valence-electron chi connectivity index (χ4n) is 5.58. The molecule has 144 valence electrons. The number of hydrogen-bond acceptors (Lipinski definition) is 3. The number of rotatable bonds is 4. The Kier molecular flexibility index (Phi) is 5.83. The van der Waals surface area contributed by atoms with E-state index in [1.807, 2.05) is 12.1 Å². The van der Waals surface area contributed by atoms with E-state index in [-0.39, 0.29) is 17.8 Å². The van der Waals surface area contributed by atoms with Gasteiger partial charge in [0.2, 0.25) is 5.91 Å². The third-order valence-electron chi connectivity index (χ3n) is 6.71. The van der Waals surface area contributed by atoms with Crippen LogP contribution in [0.4, 0.5) is 0 Å². The van der Waals surface area contributed by atoms with Crippen molar-refractivity contribution in [3.05, 3.63) is 29.8 Å². The molecule has 4 unspecified atom stereocenters. The number of hydrogen-bond donors (Lipinski definition) is 1. The van der Waals surface area contributed by atoms with Crippen molar-refractivity contribution in [2.75, 3.05) is 26.7 Å². The molecule has 0 spiro atoms. The molecule has 3 fully saturated rings. The topological polar surface area (TPSA) is 41.6 Å². The number of piperazine rings is 1. The van der Waals surface area contributed by atoms with Gasteiger partial charge in [0.25, 0.3) is 0 Å². The van der Waals surface area contributed by atoms with Gasteiger partial charge in [-0.15, -0.1) is 12.4 Å². The molecule has 0 radical (unpaired) electrons. The highest BCUT2D eigenvalue weighted by Crippen LogP contribution is 2.58. The lowest BCUT2D eigenvalue weighted by Crippen LogP contribution is -2.56. The van der Waals surface area contributed by atoms with Crippen molar-refractivity contribution in [2.45, 2.75) is 45.1 Å². The van der Waals surface area contributed by atoms with Gasteiger partial charge in [0.15, 0.2) is 0 Å². The molecule has 2 bridgehead atoms. The van der Waals surface area contributed by atoms with E-state index in [0.29, 0.717) is 17.9 Å². The van der Waals surface area contributed by atoms with Crippen molar-refractivity contribution in [3.63, 3.8) is 0 Å². The first-order chi connectivity index (χ1) is 12.1. The molecule has 4 nitrogen and oxygen atoms in total. The number of ether oxygens (including phenoxy) is 1. The number of carbonyl (C=O) groups excluding carboxylic acids is 1. The van der Waals surface area contributed by atoms with Crippen molar-refractivity contribution in [3.8, 4) is 5.75 Å². The Balaban J connectivity index is 0.00000196. The Morgan fingerprint density at radius 1 is 1.38 bits per heavy atom. The minimum atomic E-state index is -0.188. The van der Waals surface area contributed by atoms with Gasteiger partial charge in [-0.1, -0.05) is 18.6 Å². The van der Waals surface area contributed by atoms with E-state index < -0.39 is 0 Å². The Hall–Kier alpha value is -1.26. The van der Waals surface area contributed by atoms with Gasteiger partial charge in [-0.2, -0.15) is 0 Å². The first kappa shape index (κ1) is 19.5. The minimum Gasteiger partial charge on any atom is -0.497 e. The average molecular weight is 379 g/mol. The van der Waals surface area contributed by atoms with Crippen LogP contribution in [0, 0.1) is 17.3 Å². The number of halogens is 1. The van der Waals surface area contributed by atoms with Crippen molar-refractivity contribution < 1.29 is 9.53 Å². The quantitative estimate of drug-likeness (QED) is 0.874. The van der Waals surface area contributed by atoms with E-state index in [1.54, 1.807) is 7.11 Å². The molecule has 4 atom stereocenters. The first-order valence-electron chi connectivity index (χ1n) is 9.76. The molecule has 3 aliphatic rings. The second-order valence-electron chi connectivity index (χ2n) is 8.37. The molecular formula is C21H31ClN2O2. The first-order valence-corrected chi connectivity index (χ1v) is 9.76. The summed E-state index contributed by atoms with van der Waals surface area (Å²) in [6.45, 7) is 4.78. The third-order valence-corrected chi connectivity index (χ3v) is 6.71. The highest BCUT2D eigenvalue weighted by Gasteiger charge is 2.56. The molecule has 26 heavy (non-hydrogen) atoms. The van der Waals surface area contributed by atoms with Crippen LogP contribution in [0.2, 0.25) is 0 Å².